The van der Waals surface area contributed by atoms with Gasteiger partial charge < -0.3 is 9.31 Å². The number of nitro groups is 1. The molecule has 1 aliphatic rings. The molecular formula is C13H18BNO4. The zero-order chi connectivity index (χ0) is 14.4. The minimum Gasteiger partial charge on any atom is -0.399 e. The Morgan fingerprint density at radius 3 is 2.16 bits per heavy atom. The van der Waals surface area contributed by atoms with Crippen LogP contribution in [0.3, 0.4) is 0 Å². The molecule has 19 heavy (non-hydrogen) atoms. The van der Waals surface area contributed by atoms with Crippen LogP contribution in [-0.4, -0.2) is 23.2 Å². The van der Waals surface area contributed by atoms with Gasteiger partial charge in [0.1, 0.15) is 0 Å². The molecule has 0 aliphatic carbocycles. The Hall–Kier alpha value is -1.40. The van der Waals surface area contributed by atoms with Gasteiger partial charge in [0.15, 0.2) is 0 Å². The molecule has 1 fully saturated rings. The summed E-state index contributed by atoms with van der Waals surface area (Å²) in [5.41, 5.74) is 0.495. The standard InChI is InChI=1S/C13H18BNO4/c1-9-10(7-6-8-11(9)15(16)17)14-18-12(2,3)13(4,5)19-14/h6-8H,1-5H3. The van der Waals surface area contributed by atoms with Crippen LogP contribution in [0.1, 0.15) is 33.3 Å². The normalized spacial score (nSPS) is 20.6. The summed E-state index contributed by atoms with van der Waals surface area (Å²) in [6, 6.07) is 4.96. The van der Waals surface area contributed by atoms with Crippen molar-refractivity contribution in [2.24, 2.45) is 0 Å². The molecule has 0 unspecified atom stereocenters. The predicted molar refractivity (Wildman–Crippen MR) is 73.5 cm³/mol. The Morgan fingerprint density at radius 1 is 1.16 bits per heavy atom. The van der Waals surface area contributed by atoms with Crippen LogP contribution in [-0.2, 0) is 9.31 Å². The molecule has 0 N–H and O–H groups in total. The van der Waals surface area contributed by atoms with E-state index in [2.05, 4.69) is 0 Å². The summed E-state index contributed by atoms with van der Waals surface area (Å²) >= 11 is 0. The summed E-state index contributed by atoms with van der Waals surface area (Å²) in [5, 5.41) is 11.0. The molecule has 6 heteroatoms. The molecule has 1 aliphatic heterocycles. The number of nitrogens with zero attached hydrogens (tertiary/aromatic N) is 1. The quantitative estimate of drug-likeness (QED) is 0.466. The molecule has 0 spiro atoms. The van der Waals surface area contributed by atoms with Crippen LogP contribution < -0.4 is 5.46 Å². The maximum atomic E-state index is 11.0. The number of hydrogen-bond acceptors (Lipinski definition) is 4. The molecule has 0 bridgehead atoms. The van der Waals surface area contributed by atoms with E-state index < -0.39 is 18.3 Å². The molecule has 1 heterocycles. The summed E-state index contributed by atoms with van der Waals surface area (Å²) < 4.78 is 11.8. The van der Waals surface area contributed by atoms with E-state index in [4.69, 9.17) is 9.31 Å². The lowest BCUT2D eigenvalue weighted by Gasteiger charge is -2.32. The molecule has 0 saturated carbocycles. The fourth-order valence-electron chi connectivity index (χ4n) is 2.06. The summed E-state index contributed by atoms with van der Waals surface area (Å²) in [6.45, 7) is 9.55. The lowest BCUT2D eigenvalue weighted by molar-refractivity contribution is -0.385. The van der Waals surface area contributed by atoms with Crippen LogP contribution in [0.15, 0.2) is 18.2 Å². The molecule has 102 valence electrons. The van der Waals surface area contributed by atoms with Crippen LogP contribution >= 0.6 is 0 Å². The van der Waals surface area contributed by atoms with Gasteiger partial charge in [0.2, 0.25) is 0 Å². The number of benzene rings is 1. The molecule has 5 nitrogen and oxygen atoms in total. The molecule has 1 aromatic carbocycles. The average Bonchev–Trinajstić information content (AvgIpc) is 2.47. The van der Waals surface area contributed by atoms with Crippen LogP contribution in [0.4, 0.5) is 5.69 Å². The fraction of sp³-hybridized carbons (Fsp3) is 0.538. The third kappa shape index (κ3) is 2.26. The first kappa shape index (κ1) is 14.0. The summed E-state index contributed by atoms with van der Waals surface area (Å²) in [6.07, 6.45) is 0. The number of rotatable bonds is 2. The minimum atomic E-state index is -0.565. The van der Waals surface area contributed by atoms with Gasteiger partial charge in [-0.2, -0.15) is 0 Å². The van der Waals surface area contributed by atoms with Crippen molar-refractivity contribution in [3.8, 4) is 0 Å². The molecule has 2 rings (SSSR count). The lowest BCUT2D eigenvalue weighted by Crippen LogP contribution is -2.41. The van der Waals surface area contributed by atoms with E-state index in [9.17, 15) is 10.1 Å². The third-order valence-corrected chi connectivity index (χ3v) is 4.05. The Balaban J connectivity index is 2.40. The molecule has 1 saturated heterocycles. The summed E-state index contributed by atoms with van der Waals surface area (Å²) in [7, 11) is -0.565. The second kappa shape index (κ2) is 4.32. The third-order valence-electron chi connectivity index (χ3n) is 4.05. The van der Waals surface area contributed by atoms with E-state index in [0.717, 1.165) is 0 Å². The molecular weight excluding hydrogens is 245 g/mol. The van der Waals surface area contributed by atoms with Gasteiger partial charge >= 0.3 is 7.12 Å². The first-order valence-corrected chi connectivity index (χ1v) is 6.25. The van der Waals surface area contributed by atoms with Crippen molar-refractivity contribution in [1.29, 1.82) is 0 Å². The van der Waals surface area contributed by atoms with Crippen LogP contribution in [0, 0.1) is 17.0 Å². The van der Waals surface area contributed by atoms with Crippen molar-refractivity contribution in [2.75, 3.05) is 0 Å². The largest absolute Gasteiger partial charge is 0.495 e. The SMILES string of the molecule is Cc1c(B2OC(C)(C)C(C)(C)O2)cccc1[N+](=O)[O-]. The second-order valence-corrected chi connectivity index (χ2v) is 5.84. The van der Waals surface area contributed by atoms with E-state index in [1.54, 1.807) is 13.0 Å². The van der Waals surface area contributed by atoms with Crippen molar-refractivity contribution in [3.63, 3.8) is 0 Å². The van der Waals surface area contributed by atoms with Crippen molar-refractivity contribution in [2.45, 2.75) is 45.8 Å². The summed E-state index contributed by atoms with van der Waals surface area (Å²) in [5.74, 6) is 0. The fourth-order valence-corrected chi connectivity index (χ4v) is 2.06. The zero-order valence-electron chi connectivity index (χ0n) is 11.9. The van der Waals surface area contributed by atoms with Gasteiger partial charge in [-0.1, -0.05) is 12.1 Å². The Labute approximate surface area is 113 Å². The zero-order valence-corrected chi connectivity index (χ0v) is 11.9. The van der Waals surface area contributed by atoms with E-state index in [-0.39, 0.29) is 10.6 Å². The molecule has 1 aromatic rings. The van der Waals surface area contributed by atoms with Crippen molar-refractivity contribution in [1.82, 2.24) is 0 Å². The predicted octanol–water partition coefficient (Wildman–Crippen LogP) is 2.20. The van der Waals surface area contributed by atoms with Gasteiger partial charge in [-0.05, 0) is 40.1 Å². The van der Waals surface area contributed by atoms with Gasteiger partial charge in [-0.25, -0.2) is 0 Å². The monoisotopic (exact) mass is 263 g/mol. The molecule has 0 radical (unpaired) electrons. The topological polar surface area (TPSA) is 61.6 Å². The van der Waals surface area contributed by atoms with E-state index >= 15 is 0 Å². The maximum Gasteiger partial charge on any atom is 0.495 e. The Morgan fingerprint density at radius 2 is 1.68 bits per heavy atom. The van der Waals surface area contributed by atoms with Gasteiger partial charge in [-0.15, -0.1) is 0 Å². The van der Waals surface area contributed by atoms with Gasteiger partial charge in [0.25, 0.3) is 5.69 Å². The smallest absolute Gasteiger partial charge is 0.399 e. The highest BCUT2D eigenvalue weighted by Gasteiger charge is 2.52. The van der Waals surface area contributed by atoms with E-state index in [0.29, 0.717) is 11.0 Å². The molecule has 0 atom stereocenters. The highest BCUT2D eigenvalue weighted by molar-refractivity contribution is 6.62. The van der Waals surface area contributed by atoms with Crippen molar-refractivity contribution < 1.29 is 14.2 Å². The lowest BCUT2D eigenvalue weighted by atomic mass is 9.76. The minimum absolute atomic E-state index is 0.0900. The highest BCUT2D eigenvalue weighted by atomic mass is 16.7. The highest BCUT2D eigenvalue weighted by Crippen LogP contribution is 2.37. The van der Waals surface area contributed by atoms with Gasteiger partial charge in [0.05, 0.1) is 16.1 Å². The Kier molecular flexibility index (Phi) is 3.19. The van der Waals surface area contributed by atoms with E-state index in [1.807, 2.05) is 33.8 Å². The van der Waals surface area contributed by atoms with Gasteiger partial charge in [-0.3, -0.25) is 10.1 Å². The Bertz CT molecular complexity index is 511. The molecule has 0 amide bonds. The molecule has 0 aromatic heterocycles. The van der Waals surface area contributed by atoms with E-state index in [1.165, 1.54) is 6.07 Å². The number of nitro benzene ring substituents is 1. The maximum absolute atomic E-state index is 11.0. The van der Waals surface area contributed by atoms with Crippen LogP contribution in [0.25, 0.3) is 0 Å². The van der Waals surface area contributed by atoms with Crippen LogP contribution in [0.5, 0.6) is 0 Å². The second-order valence-electron chi connectivity index (χ2n) is 5.84. The van der Waals surface area contributed by atoms with Crippen molar-refractivity contribution in [3.05, 3.63) is 33.9 Å². The first-order valence-electron chi connectivity index (χ1n) is 6.25. The average molecular weight is 263 g/mol. The number of hydrogen-bond donors (Lipinski definition) is 0. The van der Waals surface area contributed by atoms with Crippen molar-refractivity contribution >= 4 is 18.3 Å². The first-order chi connectivity index (χ1) is 8.66. The van der Waals surface area contributed by atoms with Gasteiger partial charge in [0, 0.05) is 11.6 Å². The summed E-state index contributed by atoms with van der Waals surface area (Å²) in [4.78, 5) is 10.6. The van der Waals surface area contributed by atoms with Crippen LogP contribution in [0.2, 0.25) is 0 Å².